The standard InChI is InChI=1S/C11H8FN3O2/c12-9-3-7-5-13-15-10(7)4-11(9)16-6-8-1-2-14-17-8/h1-5H,6H2,(H,13,15). The molecule has 5 nitrogen and oxygen atoms in total. The van der Waals surface area contributed by atoms with Crippen LogP contribution in [0.3, 0.4) is 0 Å². The van der Waals surface area contributed by atoms with Crippen molar-refractivity contribution in [3.8, 4) is 5.75 Å². The van der Waals surface area contributed by atoms with Crippen LogP contribution >= 0.6 is 0 Å². The Balaban J connectivity index is 1.86. The Kier molecular flexibility index (Phi) is 2.25. The summed E-state index contributed by atoms with van der Waals surface area (Å²) in [6, 6.07) is 4.59. The van der Waals surface area contributed by atoms with Crippen LogP contribution in [-0.4, -0.2) is 15.4 Å². The van der Waals surface area contributed by atoms with Gasteiger partial charge in [-0.25, -0.2) is 4.39 Å². The smallest absolute Gasteiger partial charge is 0.174 e. The second-order valence-corrected chi connectivity index (χ2v) is 3.51. The highest BCUT2D eigenvalue weighted by Gasteiger charge is 2.08. The summed E-state index contributed by atoms with van der Waals surface area (Å²) in [4.78, 5) is 0. The number of aromatic amines is 1. The van der Waals surface area contributed by atoms with Crippen LogP contribution in [0.2, 0.25) is 0 Å². The predicted octanol–water partition coefficient (Wildman–Crippen LogP) is 2.27. The number of hydrogen-bond donors (Lipinski definition) is 1. The van der Waals surface area contributed by atoms with E-state index in [2.05, 4.69) is 15.4 Å². The lowest BCUT2D eigenvalue weighted by molar-refractivity contribution is 0.240. The van der Waals surface area contributed by atoms with Gasteiger partial charge in [0.1, 0.15) is 6.61 Å². The fourth-order valence-electron chi connectivity index (χ4n) is 1.52. The van der Waals surface area contributed by atoms with Gasteiger partial charge in [-0.3, -0.25) is 5.10 Å². The Hall–Kier alpha value is -2.37. The first kappa shape index (κ1) is 9.83. The number of benzene rings is 1. The zero-order valence-electron chi connectivity index (χ0n) is 8.68. The maximum Gasteiger partial charge on any atom is 0.174 e. The van der Waals surface area contributed by atoms with E-state index in [0.717, 1.165) is 5.52 Å². The van der Waals surface area contributed by atoms with Gasteiger partial charge in [-0.1, -0.05) is 5.16 Å². The van der Waals surface area contributed by atoms with Crippen LogP contribution in [0.1, 0.15) is 5.76 Å². The Labute approximate surface area is 95.2 Å². The van der Waals surface area contributed by atoms with Crippen molar-refractivity contribution in [2.45, 2.75) is 6.61 Å². The summed E-state index contributed by atoms with van der Waals surface area (Å²) in [5.74, 6) is 0.255. The first-order valence-corrected chi connectivity index (χ1v) is 4.98. The van der Waals surface area contributed by atoms with Crippen LogP contribution in [-0.2, 0) is 6.61 Å². The molecule has 1 aromatic carbocycles. The first-order chi connectivity index (χ1) is 8.33. The second-order valence-electron chi connectivity index (χ2n) is 3.51. The number of H-pyrrole nitrogens is 1. The van der Waals surface area contributed by atoms with E-state index in [-0.39, 0.29) is 12.4 Å². The molecule has 0 saturated carbocycles. The highest BCUT2D eigenvalue weighted by Crippen LogP contribution is 2.23. The number of aromatic nitrogens is 3. The Morgan fingerprint density at radius 2 is 2.35 bits per heavy atom. The first-order valence-electron chi connectivity index (χ1n) is 4.98. The summed E-state index contributed by atoms with van der Waals surface area (Å²) >= 11 is 0. The van der Waals surface area contributed by atoms with Gasteiger partial charge in [0, 0.05) is 17.5 Å². The minimum absolute atomic E-state index is 0.135. The zero-order valence-corrected chi connectivity index (χ0v) is 8.68. The zero-order chi connectivity index (χ0) is 11.7. The van der Waals surface area contributed by atoms with Gasteiger partial charge < -0.3 is 9.26 Å². The van der Waals surface area contributed by atoms with Crippen LogP contribution in [0.4, 0.5) is 4.39 Å². The summed E-state index contributed by atoms with van der Waals surface area (Å²) < 4.78 is 23.8. The molecule has 0 aliphatic rings. The van der Waals surface area contributed by atoms with E-state index in [1.54, 1.807) is 18.3 Å². The van der Waals surface area contributed by atoms with Gasteiger partial charge in [0.2, 0.25) is 0 Å². The SMILES string of the molecule is Fc1cc2cn[nH]c2cc1OCc1ccno1. The van der Waals surface area contributed by atoms with Crippen molar-refractivity contribution in [1.82, 2.24) is 15.4 Å². The van der Waals surface area contributed by atoms with Gasteiger partial charge in [0.05, 0.1) is 17.9 Å². The summed E-state index contributed by atoms with van der Waals surface area (Å²) in [5, 5.41) is 10.8. The lowest BCUT2D eigenvalue weighted by Gasteiger charge is -2.04. The molecule has 17 heavy (non-hydrogen) atoms. The van der Waals surface area contributed by atoms with Crippen molar-refractivity contribution < 1.29 is 13.7 Å². The van der Waals surface area contributed by atoms with Crippen LogP contribution in [0.15, 0.2) is 35.1 Å². The molecule has 0 unspecified atom stereocenters. The van der Waals surface area contributed by atoms with E-state index in [0.29, 0.717) is 11.1 Å². The summed E-state index contributed by atoms with van der Waals surface area (Å²) in [5.41, 5.74) is 0.721. The number of rotatable bonds is 3. The summed E-state index contributed by atoms with van der Waals surface area (Å²) in [7, 11) is 0. The summed E-state index contributed by atoms with van der Waals surface area (Å²) in [6.45, 7) is 0.135. The molecule has 0 saturated heterocycles. The molecule has 0 aliphatic heterocycles. The molecule has 6 heteroatoms. The third kappa shape index (κ3) is 1.84. The Morgan fingerprint density at radius 3 is 3.18 bits per heavy atom. The molecule has 3 aromatic rings. The maximum absolute atomic E-state index is 13.6. The topological polar surface area (TPSA) is 63.9 Å². The van der Waals surface area contributed by atoms with Crippen molar-refractivity contribution in [3.05, 3.63) is 42.2 Å². The van der Waals surface area contributed by atoms with Crippen LogP contribution in [0.25, 0.3) is 10.9 Å². The number of fused-ring (bicyclic) bond motifs is 1. The average Bonchev–Trinajstić information content (AvgIpc) is 2.95. The number of halogens is 1. The molecule has 0 bridgehead atoms. The minimum Gasteiger partial charge on any atom is -0.482 e. The van der Waals surface area contributed by atoms with Gasteiger partial charge in [0.25, 0.3) is 0 Å². The lowest BCUT2D eigenvalue weighted by Crippen LogP contribution is -1.96. The molecule has 86 valence electrons. The normalized spacial score (nSPS) is 10.9. The van der Waals surface area contributed by atoms with Crippen molar-refractivity contribution in [1.29, 1.82) is 0 Å². The van der Waals surface area contributed by atoms with Crippen LogP contribution in [0, 0.1) is 5.82 Å². The molecule has 0 aliphatic carbocycles. The third-order valence-corrected chi connectivity index (χ3v) is 2.35. The van der Waals surface area contributed by atoms with Gasteiger partial charge in [-0.15, -0.1) is 0 Å². The molecular weight excluding hydrogens is 225 g/mol. The molecule has 2 heterocycles. The lowest BCUT2D eigenvalue weighted by atomic mass is 10.2. The monoisotopic (exact) mass is 233 g/mol. The van der Waals surface area contributed by atoms with Crippen LogP contribution in [0.5, 0.6) is 5.75 Å². The molecule has 0 spiro atoms. The molecular formula is C11H8FN3O2. The maximum atomic E-state index is 13.6. The van der Waals surface area contributed by atoms with Crippen molar-refractivity contribution in [3.63, 3.8) is 0 Å². The fraction of sp³-hybridized carbons (Fsp3) is 0.0909. The fourth-order valence-corrected chi connectivity index (χ4v) is 1.52. The van der Waals surface area contributed by atoms with E-state index in [9.17, 15) is 4.39 Å². The van der Waals surface area contributed by atoms with E-state index in [4.69, 9.17) is 9.26 Å². The quantitative estimate of drug-likeness (QED) is 0.753. The number of nitrogens with zero attached hydrogens (tertiary/aromatic N) is 2. The second kappa shape index (κ2) is 3.89. The average molecular weight is 233 g/mol. The predicted molar refractivity (Wildman–Crippen MR) is 56.9 cm³/mol. The molecule has 3 rings (SSSR count). The number of ether oxygens (including phenoxy) is 1. The van der Waals surface area contributed by atoms with Crippen molar-refractivity contribution >= 4 is 10.9 Å². The highest BCUT2D eigenvalue weighted by atomic mass is 19.1. The highest BCUT2D eigenvalue weighted by molar-refractivity contribution is 5.79. The molecule has 0 atom stereocenters. The third-order valence-electron chi connectivity index (χ3n) is 2.35. The van der Waals surface area contributed by atoms with Gasteiger partial charge in [0.15, 0.2) is 17.3 Å². The van der Waals surface area contributed by atoms with Crippen molar-refractivity contribution in [2.24, 2.45) is 0 Å². The Bertz CT molecular complexity index is 633. The minimum atomic E-state index is -0.432. The van der Waals surface area contributed by atoms with E-state index in [1.165, 1.54) is 12.3 Å². The number of nitrogens with one attached hydrogen (secondary N) is 1. The largest absolute Gasteiger partial charge is 0.482 e. The molecule has 1 N–H and O–H groups in total. The molecule has 2 aromatic heterocycles. The van der Waals surface area contributed by atoms with Crippen LogP contribution < -0.4 is 4.74 Å². The van der Waals surface area contributed by atoms with E-state index >= 15 is 0 Å². The van der Waals surface area contributed by atoms with Gasteiger partial charge in [-0.2, -0.15) is 5.10 Å². The van der Waals surface area contributed by atoms with Crippen molar-refractivity contribution in [2.75, 3.05) is 0 Å². The van der Waals surface area contributed by atoms with E-state index in [1.807, 2.05) is 0 Å². The Morgan fingerprint density at radius 1 is 1.41 bits per heavy atom. The van der Waals surface area contributed by atoms with Gasteiger partial charge >= 0.3 is 0 Å². The number of hydrogen-bond acceptors (Lipinski definition) is 4. The molecule has 0 fully saturated rings. The molecule has 0 amide bonds. The van der Waals surface area contributed by atoms with Gasteiger partial charge in [-0.05, 0) is 6.07 Å². The molecule has 0 radical (unpaired) electrons. The summed E-state index contributed by atoms with van der Waals surface area (Å²) in [6.07, 6.45) is 3.06. The van der Waals surface area contributed by atoms with E-state index < -0.39 is 5.82 Å².